The lowest BCUT2D eigenvalue weighted by Crippen LogP contribution is -2.45. The van der Waals surface area contributed by atoms with E-state index in [0.29, 0.717) is 29.8 Å². The van der Waals surface area contributed by atoms with Gasteiger partial charge in [-0.3, -0.25) is 0 Å². The van der Waals surface area contributed by atoms with Crippen molar-refractivity contribution in [1.82, 2.24) is 20.4 Å². The second kappa shape index (κ2) is 7.37. The largest absolute Gasteiger partial charge is 0.339 e. The second-order valence-corrected chi connectivity index (χ2v) is 6.05. The van der Waals surface area contributed by atoms with Crippen molar-refractivity contribution in [2.75, 3.05) is 19.6 Å². The monoisotopic (exact) mass is 344 g/mol. The predicted octanol–water partition coefficient (Wildman–Crippen LogP) is 2.91. The summed E-state index contributed by atoms with van der Waals surface area (Å²) in [5.41, 5.74) is 0.842. The summed E-state index contributed by atoms with van der Waals surface area (Å²) in [5.74, 6) is 3.50. The van der Waals surface area contributed by atoms with Crippen molar-refractivity contribution < 1.29 is 9.32 Å². The number of carbonyl (C=O) groups is 1. The number of urea groups is 1. The fourth-order valence-corrected chi connectivity index (χ4v) is 2.84. The minimum Gasteiger partial charge on any atom is -0.339 e. The van der Waals surface area contributed by atoms with E-state index in [2.05, 4.69) is 21.4 Å². The summed E-state index contributed by atoms with van der Waals surface area (Å²) in [7, 11) is 0. The molecule has 1 aliphatic rings. The van der Waals surface area contributed by atoms with E-state index in [1.165, 1.54) is 0 Å². The number of nitrogens with zero attached hydrogens (tertiary/aromatic N) is 3. The highest BCUT2D eigenvalue weighted by Gasteiger charge is 2.28. The summed E-state index contributed by atoms with van der Waals surface area (Å²) in [4.78, 5) is 18.2. The number of terminal acetylenes is 1. The smallest absolute Gasteiger partial charge is 0.318 e. The first-order valence-electron chi connectivity index (χ1n) is 7.73. The molecule has 0 bridgehead atoms. The van der Waals surface area contributed by atoms with Gasteiger partial charge >= 0.3 is 6.03 Å². The number of piperidine rings is 1. The van der Waals surface area contributed by atoms with E-state index >= 15 is 0 Å². The number of benzene rings is 1. The molecular weight excluding hydrogens is 328 g/mol. The van der Waals surface area contributed by atoms with Crippen LogP contribution in [0.4, 0.5) is 4.79 Å². The van der Waals surface area contributed by atoms with Gasteiger partial charge in [0.25, 0.3) is 0 Å². The SMILES string of the molecule is C#CCNC(=O)N1CCC[C@H](c2nc(-c3ccc(Cl)cc3)no2)C1. The summed E-state index contributed by atoms with van der Waals surface area (Å²) in [6, 6.07) is 7.10. The molecule has 0 unspecified atom stereocenters. The Morgan fingerprint density at radius 1 is 1.46 bits per heavy atom. The molecule has 2 heterocycles. The molecule has 1 saturated heterocycles. The summed E-state index contributed by atoms with van der Waals surface area (Å²) in [6.07, 6.45) is 6.95. The summed E-state index contributed by atoms with van der Waals surface area (Å²) >= 11 is 5.89. The highest BCUT2D eigenvalue weighted by atomic mass is 35.5. The van der Waals surface area contributed by atoms with Crippen LogP contribution in [-0.4, -0.2) is 40.7 Å². The number of hydrogen-bond acceptors (Lipinski definition) is 4. The topological polar surface area (TPSA) is 71.3 Å². The van der Waals surface area contributed by atoms with Crippen molar-refractivity contribution in [3.05, 3.63) is 35.2 Å². The molecule has 7 heteroatoms. The zero-order valence-corrected chi connectivity index (χ0v) is 13.8. The van der Waals surface area contributed by atoms with Crippen LogP contribution in [0.25, 0.3) is 11.4 Å². The summed E-state index contributed by atoms with van der Waals surface area (Å²) in [6.45, 7) is 1.46. The van der Waals surface area contributed by atoms with Crippen LogP contribution in [0.2, 0.25) is 5.02 Å². The van der Waals surface area contributed by atoms with E-state index in [-0.39, 0.29) is 18.5 Å². The van der Waals surface area contributed by atoms with Crippen LogP contribution in [0.3, 0.4) is 0 Å². The van der Waals surface area contributed by atoms with Gasteiger partial charge in [-0.25, -0.2) is 4.79 Å². The third kappa shape index (κ3) is 3.69. The van der Waals surface area contributed by atoms with Gasteiger partial charge in [0, 0.05) is 23.7 Å². The maximum atomic E-state index is 12.0. The number of carbonyl (C=O) groups excluding carboxylic acids is 1. The Labute approximate surface area is 145 Å². The van der Waals surface area contributed by atoms with E-state index in [1.807, 2.05) is 12.1 Å². The van der Waals surface area contributed by atoms with Crippen molar-refractivity contribution in [3.8, 4) is 23.7 Å². The van der Waals surface area contributed by atoms with E-state index in [9.17, 15) is 4.79 Å². The molecule has 1 N–H and O–H groups in total. The van der Waals surface area contributed by atoms with E-state index in [1.54, 1.807) is 17.0 Å². The maximum absolute atomic E-state index is 12.0. The number of rotatable bonds is 3. The zero-order chi connectivity index (χ0) is 16.9. The highest BCUT2D eigenvalue weighted by Crippen LogP contribution is 2.27. The molecule has 0 saturated carbocycles. The number of amides is 2. The Bertz CT molecular complexity index is 751. The van der Waals surface area contributed by atoms with Gasteiger partial charge < -0.3 is 14.7 Å². The number of likely N-dealkylation sites (tertiary alicyclic amines) is 1. The minimum atomic E-state index is -0.157. The average Bonchev–Trinajstić information content (AvgIpc) is 3.10. The molecule has 1 aromatic carbocycles. The van der Waals surface area contributed by atoms with Gasteiger partial charge in [-0.05, 0) is 37.1 Å². The molecule has 0 spiro atoms. The van der Waals surface area contributed by atoms with E-state index in [4.69, 9.17) is 22.5 Å². The van der Waals surface area contributed by atoms with Crippen molar-refractivity contribution in [2.24, 2.45) is 0 Å². The minimum absolute atomic E-state index is 0.0314. The van der Waals surface area contributed by atoms with Crippen molar-refractivity contribution >= 4 is 17.6 Å². The normalized spacial score (nSPS) is 17.3. The van der Waals surface area contributed by atoms with Gasteiger partial charge in [0.1, 0.15) is 0 Å². The lowest BCUT2D eigenvalue weighted by molar-refractivity contribution is 0.173. The molecule has 1 aliphatic heterocycles. The number of nitrogens with one attached hydrogen (secondary N) is 1. The van der Waals surface area contributed by atoms with Crippen LogP contribution in [-0.2, 0) is 0 Å². The van der Waals surface area contributed by atoms with Gasteiger partial charge in [-0.15, -0.1) is 6.42 Å². The molecule has 1 fully saturated rings. The molecule has 3 rings (SSSR count). The van der Waals surface area contributed by atoms with Crippen LogP contribution in [0.1, 0.15) is 24.7 Å². The fraction of sp³-hybridized carbons (Fsp3) is 0.353. The Hall–Kier alpha value is -2.52. The quantitative estimate of drug-likeness (QED) is 0.869. The van der Waals surface area contributed by atoms with Gasteiger partial charge in [-0.1, -0.05) is 22.7 Å². The Morgan fingerprint density at radius 2 is 2.25 bits per heavy atom. The van der Waals surface area contributed by atoms with E-state index < -0.39 is 0 Å². The summed E-state index contributed by atoms with van der Waals surface area (Å²) < 4.78 is 5.41. The lowest BCUT2D eigenvalue weighted by Gasteiger charge is -2.30. The lowest BCUT2D eigenvalue weighted by atomic mass is 9.98. The molecule has 0 radical (unpaired) electrons. The third-order valence-electron chi connectivity index (χ3n) is 3.94. The second-order valence-electron chi connectivity index (χ2n) is 5.61. The molecular formula is C17H17ClN4O2. The van der Waals surface area contributed by atoms with Crippen molar-refractivity contribution in [2.45, 2.75) is 18.8 Å². The number of hydrogen-bond donors (Lipinski definition) is 1. The molecule has 1 aromatic heterocycles. The first kappa shape index (κ1) is 16.3. The predicted molar refractivity (Wildman–Crippen MR) is 90.5 cm³/mol. The van der Waals surface area contributed by atoms with Crippen molar-refractivity contribution in [1.29, 1.82) is 0 Å². The molecule has 2 amide bonds. The Kier molecular flexibility index (Phi) is 5.02. The highest BCUT2D eigenvalue weighted by molar-refractivity contribution is 6.30. The van der Waals surface area contributed by atoms with Crippen molar-refractivity contribution in [3.63, 3.8) is 0 Å². The third-order valence-corrected chi connectivity index (χ3v) is 4.20. The average molecular weight is 345 g/mol. The Balaban J connectivity index is 1.69. The molecule has 1 atom stereocenters. The van der Waals surface area contributed by atoms with Gasteiger partial charge in [0.15, 0.2) is 0 Å². The van der Waals surface area contributed by atoms with E-state index in [0.717, 1.165) is 18.4 Å². The standard InChI is InChI=1S/C17H17ClN4O2/c1-2-9-19-17(23)22-10-3-4-13(11-22)16-20-15(21-24-16)12-5-7-14(18)8-6-12/h1,5-8,13H,3-4,9-11H2,(H,19,23)/t13-/m0/s1. The molecule has 2 aromatic rings. The van der Waals surface area contributed by atoms with Crippen LogP contribution in [0.5, 0.6) is 0 Å². The Morgan fingerprint density at radius 3 is 3.00 bits per heavy atom. The number of halogens is 1. The molecule has 0 aliphatic carbocycles. The van der Waals surface area contributed by atoms with Gasteiger partial charge in [-0.2, -0.15) is 4.98 Å². The van der Waals surface area contributed by atoms with Crippen LogP contribution >= 0.6 is 11.6 Å². The van der Waals surface area contributed by atoms with Gasteiger partial charge in [0.05, 0.1) is 12.5 Å². The van der Waals surface area contributed by atoms with Gasteiger partial charge in [0.2, 0.25) is 11.7 Å². The molecule has 6 nitrogen and oxygen atoms in total. The zero-order valence-electron chi connectivity index (χ0n) is 13.0. The van der Waals surface area contributed by atoms with Crippen LogP contribution in [0, 0.1) is 12.3 Å². The van der Waals surface area contributed by atoms with Crippen LogP contribution < -0.4 is 5.32 Å². The number of aromatic nitrogens is 2. The first-order valence-corrected chi connectivity index (χ1v) is 8.11. The summed E-state index contributed by atoms with van der Waals surface area (Å²) in [5, 5.41) is 7.37. The molecule has 24 heavy (non-hydrogen) atoms. The molecule has 124 valence electrons. The first-order chi connectivity index (χ1) is 11.7. The van der Waals surface area contributed by atoms with Crippen LogP contribution in [0.15, 0.2) is 28.8 Å². The maximum Gasteiger partial charge on any atom is 0.318 e. The fourth-order valence-electron chi connectivity index (χ4n) is 2.72.